The molecular weight excluding hydrogens is 412 g/mol. The average Bonchev–Trinajstić information content (AvgIpc) is 3.18. The molecule has 0 spiro atoms. The van der Waals surface area contributed by atoms with Crippen LogP contribution in [0.25, 0.3) is 22.6 Å². The lowest BCUT2D eigenvalue weighted by atomic mass is 10.1. The van der Waals surface area contributed by atoms with E-state index in [1.807, 2.05) is 39.0 Å². The molecule has 1 aliphatic heterocycles. The summed E-state index contributed by atoms with van der Waals surface area (Å²) in [5, 5.41) is 11.4. The molecule has 32 heavy (non-hydrogen) atoms. The summed E-state index contributed by atoms with van der Waals surface area (Å²) in [4.78, 5) is 31.7. The van der Waals surface area contributed by atoms with Gasteiger partial charge in [-0.2, -0.15) is 0 Å². The second-order valence-electron chi connectivity index (χ2n) is 8.80. The van der Waals surface area contributed by atoms with Crippen molar-refractivity contribution in [3.05, 3.63) is 58.1 Å². The Balaban J connectivity index is 1.50. The Hall–Kier alpha value is -3.46. The van der Waals surface area contributed by atoms with Crippen LogP contribution >= 0.6 is 0 Å². The Bertz CT molecular complexity index is 1140. The molecule has 9 nitrogen and oxygen atoms in total. The summed E-state index contributed by atoms with van der Waals surface area (Å²) in [6.45, 7) is 8.80. The van der Waals surface area contributed by atoms with Crippen LogP contribution in [0.5, 0.6) is 0 Å². The molecule has 1 aliphatic rings. The first-order valence-corrected chi connectivity index (χ1v) is 10.5. The number of hydrogen-bond donors (Lipinski definition) is 0. The van der Waals surface area contributed by atoms with Crippen LogP contribution in [0.1, 0.15) is 26.3 Å². The van der Waals surface area contributed by atoms with Gasteiger partial charge < -0.3 is 14.1 Å². The monoisotopic (exact) mass is 438 g/mol. The van der Waals surface area contributed by atoms with E-state index in [0.29, 0.717) is 49.4 Å². The second kappa shape index (κ2) is 8.58. The fourth-order valence-corrected chi connectivity index (χ4v) is 3.72. The molecule has 0 atom stereocenters. The molecule has 3 aromatic rings. The van der Waals surface area contributed by atoms with E-state index in [1.165, 1.54) is 6.07 Å². The molecule has 1 amide bonds. The van der Waals surface area contributed by atoms with E-state index in [1.54, 1.807) is 23.1 Å². The van der Waals surface area contributed by atoms with Gasteiger partial charge in [0.15, 0.2) is 5.58 Å². The van der Waals surface area contributed by atoms with Crippen molar-refractivity contribution in [2.24, 2.45) is 0 Å². The zero-order chi connectivity index (χ0) is 22.9. The van der Waals surface area contributed by atoms with E-state index >= 15 is 0 Å². The predicted molar refractivity (Wildman–Crippen MR) is 119 cm³/mol. The van der Waals surface area contributed by atoms with Gasteiger partial charge in [-0.3, -0.25) is 15.0 Å². The normalized spacial score (nSPS) is 15.2. The number of nitro benzene ring substituents is 1. The molecule has 2 aromatic carbocycles. The number of piperazine rings is 1. The average molecular weight is 438 g/mol. The van der Waals surface area contributed by atoms with Crippen molar-refractivity contribution in [2.45, 2.75) is 32.9 Å². The number of aromatic nitrogens is 1. The highest BCUT2D eigenvalue weighted by molar-refractivity contribution is 5.81. The fraction of sp³-hybridized carbons (Fsp3) is 0.391. The van der Waals surface area contributed by atoms with Crippen molar-refractivity contribution in [1.82, 2.24) is 14.8 Å². The number of nitro groups is 1. The molecule has 4 rings (SSSR count). The van der Waals surface area contributed by atoms with Gasteiger partial charge in [0, 0.05) is 44.4 Å². The van der Waals surface area contributed by atoms with Crippen LogP contribution in [0.3, 0.4) is 0 Å². The predicted octanol–water partition coefficient (Wildman–Crippen LogP) is 4.46. The summed E-state index contributed by atoms with van der Waals surface area (Å²) < 4.78 is 11.5. The molecule has 0 radical (unpaired) electrons. The Morgan fingerprint density at radius 1 is 1.12 bits per heavy atom. The van der Waals surface area contributed by atoms with Crippen LogP contribution in [-0.4, -0.2) is 57.6 Å². The second-order valence-corrected chi connectivity index (χ2v) is 8.80. The molecule has 0 aliphatic carbocycles. The van der Waals surface area contributed by atoms with Crippen molar-refractivity contribution in [3.63, 3.8) is 0 Å². The number of rotatable bonds is 4. The zero-order valence-electron chi connectivity index (χ0n) is 18.4. The first kappa shape index (κ1) is 21.8. The quantitative estimate of drug-likeness (QED) is 0.438. The van der Waals surface area contributed by atoms with E-state index in [4.69, 9.17) is 9.15 Å². The number of amides is 1. The third-order valence-electron chi connectivity index (χ3n) is 5.25. The number of benzene rings is 2. The third-order valence-corrected chi connectivity index (χ3v) is 5.25. The van der Waals surface area contributed by atoms with Gasteiger partial charge in [-0.15, -0.1) is 0 Å². The highest BCUT2D eigenvalue weighted by Crippen LogP contribution is 2.32. The lowest BCUT2D eigenvalue weighted by molar-refractivity contribution is -0.384. The fourth-order valence-electron chi connectivity index (χ4n) is 3.72. The third kappa shape index (κ3) is 4.72. The summed E-state index contributed by atoms with van der Waals surface area (Å²) in [7, 11) is 0. The van der Waals surface area contributed by atoms with Crippen LogP contribution in [0.2, 0.25) is 0 Å². The van der Waals surface area contributed by atoms with Gasteiger partial charge in [0.25, 0.3) is 5.69 Å². The van der Waals surface area contributed by atoms with Crippen molar-refractivity contribution < 1.29 is 18.9 Å². The molecular formula is C23H26N4O5. The van der Waals surface area contributed by atoms with E-state index < -0.39 is 10.5 Å². The summed E-state index contributed by atoms with van der Waals surface area (Å²) >= 11 is 0. The maximum absolute atomic E-state index is 12.3. The van der Waals surface area contributed by atoms with Gasteiger partial charge in [-0.25, -0.2) is 9.78 Å². The van der Waals surface area contributed by atoms with E-state index in [-0.39, 0.29) is 17.7 Å². The lowest BCUT2D eigenvalue weighted by Gasteiger charge is -2.35. The summed E-state index contributed by atoms with van der Waals surface area (Å²) in [6.07, 6.45) is -0.288. The minimum Gasteiger partial charge on any atom is -0.444 e. The molecule has 0 saturated carbocycles. The first-order chi connectivity index (χ1) is 15.2. The lowest BCUT2D eigenvalue weighted by Crippen LogP contribution is -2.49. The largest absolute Gasteiger partial charge is 0.444 e. The summed E-state index contributed by atoms with van der Waals surface area (Å²) in [6, 6.07) is 12.1. The number of fused-ring (bicyclic) bond motifs is 1. The number of carbonyl (C=O) groups excluding carboxylic acids is 1. The number of ether oxygens (including phenoxy) is 1. The van der Waals surface area contributed by atoms with Gasteiger partial charge in [0.1, 0.15) is 16.7 Å². The highest BCUT2D eigenvalue weighted by atomic mass is 16.6. The minimum atomic E-state index is -0.512. The van der Waals surface area contributed by atoms with Crippen LogP contribution in [0.15, 0.2) is 46.9 Å². The zero-order valence-corrected chi connectivity index (χ0v) is 18.4. The molecule has 1 fully saturated rings. The maximum Gasteiger partial charge on any atom is 0.410 e. The van der Waals surface area contributed by atoms with Crippen LogP contribution in [0, 0.1) is 10.1 Å². The Morgan fingerprint density at radius 2 is 1.84 bits per heavy atom. The summed E-state index contributed by atoms with van der Waals surface area (Å²) in [5.41, 5.74) is 2.02. The molecule has 9 heteroatoms. The van der Waals surface area contributed by atoms with Crippen LogP contribution in [-0.2, 0) is 11.3 Å². The van der Waals surface area contributed by atoms with Crippen molar-refractivity contribution in [3.8, 4) is 11.5 Å². The Morgan fingerprint density at radius 3 is 2.53 bits per heavy atom. The Labute approximate surface area is 185 Å². The number of para-hydroxylation sites is 2. The molecule has 2 heterocycles. The van der Waals surface area contributed by atoms with Crippen molar-refractivity contribution in [2.75, 3.05) is 26.2 Å². The standard InChI is InChI=1S/C23H26N4O5/c1-23(2,3)32-22(28)26-13-11-25(12-14-26)15-16-7-6-9-18-20(16)31-21(24-18)17-8-4-5-10-19(17)27(29)30/h4-10H,11-15H2,1-3H3. The highest BCUT2D eigenvalue weighted by Gasteiger charge is 2.26. The number of oxazole rings is 1. The Kier molecular flexibility index (Phi) is 5.84. The number of carbonyl (C=O) groups is 1. The van der Waals surface area contributed by atoms with Crippen molar-refractivity contribution in [1.29, 1.82) is 0 Å². The van der Waals surface area contributed by atoms with Gasteiger partial charge in [-0.05, 0) is 32.9 Å². The molecule has 1 saturated heterocycles. The molecule has 0 bridgehead atoms. The first-order valence-electron chi connectivity index (χ1n) is 10.5. The van der Waals surface area contributed by atoms with Gasteiger partial charge in [0.2, 0.25) is 5.89 Å². The number of hydrogen-bond acceptors (Lipinski definition) is 7. The van der Waals surface area contributed by atoms with E-state index in [9.17, 15) is 14.9 Å². The SMILES string of the molecule is CC(C)(C)OC(=O)N1CCN(Cc2cccc3nc(-c4ccccc4[N+](=O)[O-])oc23)CC1. The smallest absolute Gasteiger partial charge is 0.410 e. The molecule has 168 valence electrons. The van der Waals surface area contributed by atoms with E-state index in [2.05, 4.69) is 9.88 Å². The maximum atomic E-state index is 12.3. The van der Waals surface area contributed by atoms with Gasteiger partial charge >= 0.3 is 6.09 Å². The molecule has 0 N–H and O–H groups in total. The van der Waals surface area contributed by atoms with Crippen LogP contribution < -0.4 is 0 Å². The minimum absolute atomic E-state index is 0.0427. The van der Waals surface area contributed by atoms with E-state index in [0.717, 1.165) is 5.56 Å². The van der Waals surface area contributed by atoms with Gasteiger partial charge in [0.05, 0.1) is 4.92 Å². The molecule has 1 aromatic heterocycles. The van der Waals surface area contributed by atoms with Gasteiger partial charge in [-0.1, -0.05) is 24.3 Å². The van der Waals surface area contributed by atoms with Crippen molar-refractivity contribution >= 4 is 22.9 Å². The summed E-state index contributed by atoms with van der Waals surface area (Å²) in [5.74, 6) is 0.231. The topological polar surface area (TPSA) is 102 Å². The number of nitrogens with zero attached hydrogens (tertiary/aromatic N) is 4. The molecule has 0 unspecified atom stereocenters. The van der Waals surface area contributed by atoms with Crippen LogP contribution in [0.4, 0.5) is 10.5 Å².